The minimum absolute atomic E-state index is 0.0239. The summed E-state index contributed by atoms with van der Waals surface area (Å²) in [6.45, 7) is 1.93. The van der Waals surface area contributed by atoms with Crippen LogP contribution in [0.1, 0.15) is 17.3 Å². The summed E-state index contributed by atoms with van der Waals surface area (Å²) in [5.41, 5.74) is 1.98. The molecule has 1 aromatic carbocycles. The number of rotatable bonds is 3. The zero-order valence-electron chi connectivity index (χ0n) is 13.6. The molecule has 0 aliphatic heterocycles. The van der Waals surface area contributed by atoms with Gasteiger partial charge in [-0.05, 0) is 43.3 Å². The van der Waals surface area contributed by atoms with Gasteiger partial charge in [0.05, 0.1) is 6.61 Å². The van der Waals surface area contributed by atoms with Gasteiger partial charge in [0, 0.05) is 22.7 Å². The van der Waals surface area contributed by atoms with Crippen LogP contribution >= 0.6 is 0 Å². The van der Waals surface area contributed by atoms with Gasteiger partial charge < -0.3 is 9.15 Å². The maximum Gasteiger partial charge on any atom is 0.343 e. The zero-order valence-corrected chi connectivity index (χ0v) is 13.6. The third-order valence-corrected chi connectivity index (χ3v) is 4.06. The van der Waals surface area contributed by atoms with Gasteiger partial charge in [0.15, 0.2) is 0 Å². The zero-order chi connectivity index (χ0) is 17.4. The molecule has 0 radical (unpaired) electrons. The first-order valence-electron chi connectivity index (χ1n) is 7.99. The van der Waals surface area contributed by atoms with Crippen LogP contribution in [0.2, 0.25) is 0 Å². The van der Waals surface area contributed by atoms with Crippen LogP contribution in [0.4, 0.5) is 0 Å². The van der Waals surface area contributed by atoms with Crippen molar-refractivity contribution in [2.45, 2.75) is 6.92 Å². The highest BCUT2D eigenvalue weighted by Crippen LogP contribution is 2.28. The number of benzene rings is 1. The summed E-state index contributed by atoms with van der Waals surface area (Å²) in [6, 6.07) is 16.6. The molecule has 3 aromatic heterocycles. The van der Waals surface area contributed by atoms with Crippen molar-refractivity contribution >= 4 is 22.5 Å². The summed E-state index contributed by atoms with van der Waals surface area (Å²) >= 11 is 0. The van der Waals surface area contributed by atoms with E-state index in [4.69, 9.17) is 9.15 Å². The molecule has 0 saturated carbocycles. The van der Waals surface area contributed by atoms with Crippen LogP contribution in [0.3, 0.4) is 0 Å². The van der Waals surface area contributed by atoms with Crippen LogP contribution < -0.4 is 5.56 Å². The Bertz CT molecular complexity index is 1120. The van der Waals surface area contributed by atoms with Crippen molar-refractivity contribution in [1.29, 1.82) is 0 Å². The molecule has 0 spiro atoms. The Hall–Kier alpha value is -3.34. The molecule has 5 nitrogen and oxygen atoms in total. The molecular weight excluding hydrogens is 318 g/mol. The number of aromatic nitrogens is 1. The number of hydrogen-bond donors (Lipinski definition) is 0. The first-order chi connectivity index (χ1) is 12.2. The van der Waals surface area contributed by atoms with E-state index < -0.39 is 11.5 Å². The Balaban J connectivity index is 1.82. The number of nitrogens with zero attached hydrogens (tertiary/aromatic N) is 1. The molecular formula is C20H15NO4. The molecule has 4 rings (SSSR count). The van der Waals surface area contributed by atoms with E-state index in [2.05, 4.69) is 0 Å². The molecule has 0 atom stereocenters. The fraction of sp³-hybridized carbons (Fsp3) is 0.100. The lowest BCUT2D eigenvalue weighted by atomic mass is 10.1. The Morgan fingerprint density at radius 2 is 1.96 bits per heavy atom. The van der Waals surface area contributed by atoms with E-state index in [1.807, 2.05) is 36.4 Å². The normalized spacial score (nSPS) is 11.1. The Kier molecular flexibility index (Phi) is 3.61. The second-order valence-corrected chi connectivity index (χ2v) is 5.63. The topological polar surface area (TPSA) is 60.9 Å². The van der Waals surface area contributed by atoms with Gasteiger partial charge in [-0.3, -0.25) is 9.20 Å². The first kappa shape index (κ1) is 15.2. The van der Waals surface area contributed by atoms with E-state index in [0.29, 0.717) is 5.52 Å². The van der Waals surface area contributed by atoms with Crippen LogP contribution in [0.25, 0.3) is 27.8 Å². The number of carbonyl (C=O) groups is 1. The van der Waals surface area contributed by atoms with E-state index in [9.17, 15) is 9.59 Å². The molecule has 0 amide bonds. The Morgan fingerprint density at radius 3 is 2.76 bits per heavy atom. The van der Waals surface area contributed by atoms with Gasteiger partial charge in [-0.15, -0.1) is 0 Å². The van der Waals surface area contributed by atoms with Gasteiger partial charge in [0.25, 0.3) is 5.56 Å². The predicted molar refractivity (Wildman–Crippen MR) is 94.8 cm³/mol. The highest BCUT2D eigenvalue weighted by Gasteiger charge is 2.14. The number of ether oxygens (including phenoxy) is 1. The van der Waals surface area contributed by atoms with E-state index in [-0.39, 0.29) is 12.2 Å². The number of esters is 1. The minimum Gasteiger partial charge on any atom is -0.462 e. The maximum atomic E-state index is 12.5. The molecule has 0 bridgehead atoms. The summed E-state index contributed by atoms with van der Waals surface area (Å²) in [5.74, 6) is 0.119. The highest BCUT2D eigenvalue weighted by molar-refractivity contribution is 5.89. The largest absolute Gasteiger partial charge is 0.462 e. The molecule has 0 unspecified atom stereocenters. The standard InChI is InChI=1S/C20H15NO4/c1-2-24-20(23)16-8-7-15-11-14(9-10-21(15)19(16)22)18-12-13-5-3-4-6-17(13)25-18/h3-12H,2H2,1H3. The van der Waals surface area contributed by atoms with Crippen LogP contribution in [-0.2, 0) is 4.74 Å². The van der Waals surface area contributed by atoms with Crippen molar-refractivity contribution < 1.29 is 13.9 Å². The van der Waals surface area contributed by atoms with E-state index in [1.165, 1.54) is 10.5 Å². The van der Waals surface area contributed by atoms with E-state index >= 15 is 0 Å². The van der Waals surface area contributed by atoms with Gasteiger partial charge in [-0.2, -0.15) is 0 Å². The number of fused-ring (bicyclic) bond motifs is 2. The lowest BCUT2D eigenvalue weighted by Gasteiger charge is -2.06. The van der Waals surface area contributed by atoms with Crippen molar-refractivity contribution in [1.82, 2.24) is 4.40 Å². The van der Waals surface area contributed by atoms with Crippen molar-refractivity contribution in [3.63, 3.8) is 0 Å². The molecule has 4 aromatic rings. The summed E-state index contributed by atoms with van der Waals surface area (Å²) in [6.07, 6.45) is 1.64. The molecule has 5 heteroatoms. The molecule has 0 aliphatic carbocycles. The van der Waals surface area contributed by atoms with E-state index in [0.717, 1.165) is 22.3 Å². The lowest BCUT2D eigenvalue weighted by molar-refractivity contribution is 0.0524. The van der Waals surface area contributed by atoms with Crippen molar-refractivity contribution in [2.24, 2.45) is 0 Å². The Morgan fingerprint density at radius 1 is 1.12 bits per heavy atom. The first-order valence-corrected chi connectivity index (χ1v) is 7.99. The quantitative estimate of drug-likeness (QED) is 0.534. The monoisotopic (exact) mass is 333 g/mol. The van der Waals surface area contributed by atoms with Crippen LogP contribution in [0.5, 0.6) is 0 Å². The van der Waals surface area contributed by atoms with Crippen LogP contribution in [0, 0.1) is 0 Å². The van der Waals surface area contributed by atoms with E-state index in [1.54, 1.807) is 25.3 Å². The second kappa shape index (κ2) is 5.94. The van der Waals surface area contributed by atoms with Gasteiger partial charge in [0.1, 0.15) is 16.9 Å². The minimum atomic E-state index is -0.608. The Labute approximate surface area is 143 Å². The lowest BCUT2D eigenvalue weighted by Crippen LogP contribution is -2.23. The third kappa shape index (κ3) is 2.59. The third-order valence-electron chi connectivity index (χ3n) is 4.06. The molecule has 0 aliphatic rings. The number of hydrogen-bond acceptors (Lipinski definition) is 4. The molecule has 0 fully saturated rings. The number of carbonyl (C=O) groups excluding carboxylic acids is 1. The van der Waals surface area contributed by atoms with Gasteiger partial charge in [-0.25, -0.2) is 4.79 Å². The van der Waals surface area contributed by atoms with Crippen molar-refractivity contribution in [3.05, 3.63) is 76.7 Å². The highest BCUT2D eigenvalue weighted by atomic mass is 16.5. The number of furan rings is 1. The summed E-state index contributed by atoms with van der Waals surface area (Å²) in [7, 11) is 0. The van der Waals surface area contributed by atoms with Crippen molar-refractivity contribution in [3.8, 4) is 11.3 Å². The number of para-hydroxylation sites is 1. The van der Waals surface area contributed by atoms with Gasteiger partial charge in [0.2, 0.25) is 0 Å². The van der Waals surface area contributed by atoms with Gasteiger partial charge in [-0.1, -0.05) is 18.2 Å². The average molecular weight is 333 g/mol. The molecule has 0 saturated heterocycles. The average Bonchev–Trinajstić information content (AvgIpc) is 3.06. The fourth-order valence-corrected chi connectivity index (χ4v) is 2.84. The smallest absolute Gasteiger partial charge is 0.343 e. The second-order valence-electron chi connectivity index (χ2n) is 5.63. The number of pyridine rings is 2. The van der Waals surface area contributed by atoms with Gasteiger partial charge >= 0.3 is 5.97 Å². The summed E-state index contributed by atoms with van der Waals surface area (Å²) < 4.78 is 12.2. The van der Waals surface area contributed by atoms with Crippen molar-refractivity contribution in [2.75, 3.05) is 6.61 Å². The SMILES string of the molecule is CCOC(=O)c1ccc2cc(-c3cc4ccccc4o3)ccn2c1=O. The summed E-state index contributed by atoms with van der Waals surface area (Å²) in [5, 5.41) is 1.02. The fourth-order valence-electron chi connectivity index (χ4n) is 2.84. The molecule has 0 N–H and O–H groups in total. The van der Waals surface area contributed by atoms with Crippen LogP contribution in [-0.4, -0.2) is 17.0 Å². The van der Waals surface area contributed by atoms with Crippen LogP contribution in [0.15, 0.2) is 70.0 Å². The predicted octanol–water partition coefficient (Wildman–Crippen LogP) is 3.89. The summed E-state index contributed by atoms with van der Waals surface area (Å²) in [4.78, 5) is 24.3. The molecule has 3 heterocycles. The molecule has 124 valence electrons. The molecule has 25 heavy (non-hydrogen) atoms. The maximum absolute atomic E-state index is 12.5.